The quantitative estimate of drug-likeness (QED) is 0.786. The topological polar surface area (TPSA) is 53.5 Å². The van der Waals surface area contributed by atoms with Crippen molar-refractivity contribution in [2.75, 3.05) is 13.1 Å². The van der Waals surface area contributed by atoms with E-state index in [1.165, 1.54) is 18.3 Å². The van der Waals surface area contributed by atoms with Gasteiger partial charge in [-0.05, 0) is 30.4 Å². The summed E-state index contributed by atoms with van der Waals surface area (Å²) in [7, 11) is 0. The number of rotatable bonds is 4. The van der Waals surface area contributed by atoms with Gasteiger partial charge in [-0.3, -0.25) is 14.7 Å². The van der Waals surface area contributed by atoms with E-state index in [0.717, 1.165) is 11.3 Å². The van der Waals surface area contributed by atoms with Crippen molar-refractivity contribution in [3.63, 3.8) is 0 Å². The van der Waals surface area contributed by atoms with Gasteiger partial charge in [-0.2, -0.15) is 0 Å². The predicted molar refractivity (Wildman–Crippen MR) is 69.0 cm³/mol. The SMILES string of the molecule is C[C@@H]1C[C@H]1CN1CC(=O)N(Cc2ncccc2F)C1=O. The van der Waals surface area contributed by atoms with Gasteiger partial charge in [0.25, 0.3) is 5.91 Å². The third-order valence-corrected chi connectivity index (χ3v) is 4.00. The Kier molecular flexibility index (Phi) is 3.16. The first-order chi connectivity index (χ1) is 9.56. The summed E-state index contributed by atoms with van der Waals surface area (Å²) >= 11 is 0. The molecule has 1 saturated heterocycles. The number of hydrogen-bond donors (Lipinski definition) is 0. The lowest BCUT2D eigenvalue weighted by atomic mass is 10.3. The first kappa shape index (κ1) is 13.0. The molecule has 6 heteroatoms. The van der Waals surface area contributed by atoms with E-state index in [-0.39, 0.29) is 30.7 Å². The molecule has 106 valence electrons. The number of urea groups is 1. The van der Waals surface area contributed by atoms with Crippen molar-refractivity contribution in [2.45, 2.75) is 19.9 Å². The molecule has 0 aromatic carbocycles. The van der Waals surface area contributed by atoms with Crippen LogP contribution in [0.3, 0.4) is 0 Å². The normalized spacial score (nSPS) is 25.5. The fraction of sp³-hybridized carbons (Fsp3) is 0.500. The summed E-state index contributed by atoms with van der Waals surface area (Å²) in [5, 5.41) is 0. The summed E-state index contributed by atoms with van der Waals surface area (Å²) in [6.07, 6.45) is 2.56. The molecular formula is C14H16FN3O2. The minimum absolute atomic E-state index is 0.0938. The number of nitrogens with zero attached hydrogens (tertiary/aromatic N) is 3. The highest BCUT2D eigenvalue weighted by Gasteiger charge is 2.41. The third-order valence-electron chi connectivity index (χ3n) is 4.00. The van der Waals surface area contributed by atoms with Crippen LogP contribution in [-0.4, -0.2) is 39.8 Å². The molecule has 1 aliphatic carbocycles. The van der Waals surface area contributed by atoms with Gasteiger partial charge < -0.3 is 4.90 Å². The lowest BCUT2D eigenvalue weighted by Gasteiger charge is -2.16. The van der Waals surface area contributed by atoms with Gasteiger partial charge in [-0.25, -0.2) is 9.18 Å². The molecule has 2 heterocycles. The molecule has 1 saturated carbocycles. The number of pyridine rings is 1. The third kappa shape index (κ3) is 2.37. The first-order valence-electron chi connectivity index (χ1n) is 6.75. The number of aromatic nitrogens is 1. The zero-order chi connectivity index (χ0) is 14.3. The average Bonchev–Trinajstić information content (AvgIpc) is 3.04. The monoisotopic (exact) mass is 277 g/mol. The lowest BCUT2D eigenvalue weighted by molar-refractivity contribution is -0.125. The molecule has 1 aliphatic heterocycles. The summed E-state index contributed by atoms with van der Waals surface area (Å²) in [6, 6.07) is 2.42. The van der Waals surface area contributed by atoms with Crippen LogP contribution in [-0.2, 0) is 11.3 Å². The van der Waals surface area contributed by atoms with E-state index < -0.39 is 5.82 Å². The van der Waals surface area contributed by atoms with Crippen molar-refractivity contribution < 1.29 is 14.0 Å². The van der Waals surface area contributed by atoms with Gasteiger partial charge in [0.1, 0.15) is 12.4 Å². The van der Waals surface area contributed by atoms with Gasteiger partial charge >= 0.3 is 6.03 Å². The van der Waals surface area contributed by atoms with Crippen molar-refractivity contribution in [3.8, 4) is 0 Å². The van der Waals surface area contributed by atoms with E-state index in [0.29, 0.717) is 18.4 Å². The number of hydrogen-bond acceptors (Lipinski definition) is 3. The van der Waals surface area contributed by atoms with E-state index in [1.807, 2.05) is 0 Å². The van der Waals surface area contributed by atoms with Crippen molar-refractivity contribution >= 4 is 11.9 Å². The Bertz CT molecular complexity index is 563. The van der Waals surface area contributed by atoms with Crippen LogP contribution < -0.4 is 0 Å². The van der Waals surface area contributed by atoms with Crippen molar-refractivity contribution in [1.29, 1.82) is 0 Å². The number of halogens is 1. The van der Waals surface area contributed by atoms with Crippen LogP contribution in [0.4, 0.5) is 9.18 Å². The molecule has 0 unspecified atom stereocenters. The maximum absolute atomic E-state index is 13.5. The molecule has 3 amide bonds. The highest BCUT2D eigenvalue weighted by atomic mass is 19.1. The molecule has 2 atom stereocenters. The molecule has 5 nitrogen and oxygen atoms in total. The fourth-order valence-electron chi connectivity index (χ4n) is 2.51. The first-order valence-corrected chi connectivity index (χ1v) is 6.75. The highest BCUT2D eigenvalue weighted by Crippen LogP contribution is 2.38. The van der Waals surface area contributed by atoms with E-state index >= 15 is 0 Å². The highest BCUT2D eigenvalue weighted by molar-refractivity contribution is 6.01. The summed E-state index contributed by atoms with van der Waals surface area (Å²) in [6.45, 7) is 2.75. The molecule has 0 N–H and O–H groups in total. The minimum atomic E-state index is -0.498. The van der Waals surface area contributed by atoms with Crippen LogP contribution in [0.5, 0.6) is 0 Å². The maximum atomic E-state index is 13.5. The second-order valence-corrected chi connectivity index (χ2v) is 5.55. The summed E-state index contributed by atoms with van der Waals surface area (Å²) in [4.78, 5) is 30.6. The summed E-state index contributed by atoms with van der Waals surface area (Å²) in [5.41, 5.74) is 0.121. The van der Waals surface area contributed by atoms with Crippen LogP contribution >= 0.6 is 0 Å². The Morgan fingerprint density at radius 2 is 2.20 bits per heavy atom. The Labute approximate surface area is 116 Å². The molecular weight excluding hydrogens is 261 g/mol. The second kappa shape index (κ2) is 4.85. The van der Waals surface area contributed by atoms with Crippen LogP contribution in [0.25, 0.3) is 0 Å². The molecule has 0 radical (unpaired) electrons. The molecule has 0 spiro atoms. The smallest absolute Gasteiger partial charge is 0.315 e. The molecule has 2 fully saturated rings. The van der Waals surface area contributed by atoms with Crippen molar-refractivity contribution in [2.24, 2.45) is 11.8 Å². The van der Waals surface area contributed by atoms with Gasteiger partial charge in [0.2, 0.25) is 0 Å². The zero-order valence-corrected chi connectivity index (χ0v) is 11.3. The van der Waals surface area contributed by atoms with Crippen LogP contribution in [0.2, 0.25) is 0 Å². The van der Waals surface area contributed by atoms with Gasteiger partial charge in [-0.1, -0.05) is 6.92 Å². The van der Waals surface area contributed by atoms with Crippen LogP contribution in [0.15, 0.2) is 18.3 Å². The van der Waals surface area contributed by atoms with Gasteiger partial charge in [0.05, 0.1) is 12.2 Å². The van der Waals surface area contributed by atoms with Gasteiger partial charge in [0, 0.05) is 12.7 Å². The van der Waals surface area contributed by atoms with E-state index in [2.05, 4.69) is 11.9 Å². The fourth-order valence-corrected chi connectivity index (χ4v) is 2.51. The number of imide groups is 1. The van der Waals surface area contributed by atoms with Crippen LogP contribution in [0, 0.1) is 17.7 Å². The van der Waals surface area contributed by atoms with E-state index in [4.69, 9.17) is 0 Å². The largest absolute Gasteiger partial charge is 0.327 e. The second-order valence-electron chi connectivity index (χ2n) is 5.55. The Morgan fingerprint density at radius 3 is 2.85 bits per heavy atom. The Morgan fingerprint density at radius 1 is 1.45 bits per heavy atom. The molecule has 0 bridgehead atoms. The molecule has 20 heavy (non-hydrogen) atoms. The van der Waals surface area contributed by atoms with Crippen molar-refractivity contribution in [3.05, 3.63) is 29.8 Å². The molecule has 1 aromatic heterocycles. The van der Waals surface area contributed by atoms with Gasteiger partial charge in [-0.15, -0.1) is 0 Å². The summed E-state index contributed by atoms with van der Waals surface area (Å²) in [5.74, 6) is 0.342. The molecule has 2 aliphatic rings. The Balaban J connectivity index is 1.69. The van der Waals surface area contributed by atoms with Gasteiger partial charge in [0.15, 0.2) is 0 Å². The standard InChI is InChI=1S/C14H16FN3O2/c1-9-5-10(9)6-17-8-13(19)18(14(17)20)7-12-11(15)3-2-4-16-12/h2-4,9-10H,5-8H2,1H3/t9-,10+/m1/s1. The van der Waals surface area contributed by atoms with E-state index in [9.17, 15) is 14.0 Å². The number of carbonyl (C=O) groups excluding carboxylic acids is 2. The minimum Gasteiger partial charge on any atom is -0.315 e. The average molecular weight is 277 g/mol. The molecule has 3 rings (SSSR count). The van der Waals surface area contributed by atoms with E-state index in [1.54, 1.807) is 4.90 Å². The van der Waals surface area contributed by atoms with Crippen molar-refractivity contribution in [1.82, 2.24) is 14.8 Å². The van der Waals surface area contributed by atoms with Crippen LogP contribution in [0.1, 0.15) is 19.0 Å². The molecule has 1 aromatic rings. The Hall–Kier alpha value is -1.98. The summed E-state index contributed by atoms with van der Waals surface area (Å²) < 4.78 is 13.5. The number of carbonyl (C=O) groups is 2. The maximum Gasteiger partial charge on any atom is 0.327 e. The zero-order valence-electron chi connectivity index (χ0n) is 11.3. The number of amides is 3. The predicted octanol–water partition coefficient (Wildman–Crippen LogP) is 1.64. The lowest BCUT2D eigenvalue weighted by Crippen LogP contribution is -2.34.